The van der Waals surface area contributed by atoms with Crippen molar-refractivity contribution in [2.75, 3.05) is 29.5 Å². The van der Waals surface area contributed by atoms with Gasteiger partial charge in [-0.3, -0.25) is 0 Å². The highest BCUT2D eigenvalue weighted by atomic mass is 35.5. The molecule has 1 aliphatic rings. The first-order chi connectivity index (χ1) is 8.93. The number of hydrogen-bond acceptors (Lipinski definition) is 4. The van der Waals surface area contributed by atoms with Gasteiger partial charge in [-0.15, -0.1) is 11.6 Å². The molecule has 1 aliphatic heterocycles. The van der Waals surface area contributed by atoms with Gasteiger partial charge in [0.15, 0.2) is 9.84 Å². The lowest BCUT2D eigenvalue weighted by Crippen LogP contribution is -2.29. The van der Waals surface area contributed by atoms with E-state index in [1.807, 2.05) is 19.9 Å². The zero-order valence-electron chi connectivity index (χ0n) is 11.3. The van der Waals surface area contributed by atoms with Crippen molar-refractivity contribution in [3.63, 3.8) is 0 Å². The zero-order chi connectivity index (χ0) is 14.0. The van der Waals surface area contributed by atoms with E-state index < -0.39 is 9.84 Å². The standard InChI is InChI=1S/C13H19ClN2O2S/c1-10-8-11(2)15-13(12(10)9-14)16-4-3-6-19(17,18)7-5-16/h8H,3-7,9H2,1-2H3. The lowest BCUT2D eigenvalue weighted by Gasteiger charge is -2.24. The fourth-order valence-corrected chi connectivity index (χ4v) is 4.02. The summed E-state index contributed by atoms with van der Waals surface area (Å²) in [5.41, 5.74) is 3.06. The van der Waals surface area contributed by atoms with Crippen LogP contribution in [0.3, 0.4) is 0 Å². The molecule has 0 unspecified atom stereocenters. The van der Waals surface area contributed by atoms with Gasteiger partial charge in [0.2, 0.25) is 0 Å². The third-order valence-corrected chi connectivity index (χ3v) is 5.42. The van der Waals surface area contributed by atoms with Crippen LogP contribution in [0.4, 0.5) is 5.82 Å². The summed E-state index contributed by atoms with van der Waals surface area (Å²) >= 11 is 6.02. The quantitative estimate of drug-likeness (QED) is 0.785. The molecule has 0 spiro atoms. The predicted octanol–water partition coefficient (Wildman–Crippen LogP) is 2.06. The van der Waals surface area contributed by atoms with Gasteiger partial charge in [-0.25, -0.2) is 13.4 Å². The van der Waals surface area contributed by atoms with Crippen LogP contribution in [0.1, 0.15) is 23.2 Å². The monoisotopic (exact) mass is 302 g/mol. The smallest absolute Gasteiger partial charge is 0.152 e. The van der Waals surface area contributed by atoms with E-state index in [0.29, 0.717) is 18.8 Å². The molecular formula is C13H19ClN2O2S. The number of halogens is 1. The number of alkyl halides is 1. The molecule has 6 heteroatoms. The molecule has 0 N–H and O–H groups in total. The maximum absolute atomic E-state index is 11.7. The largest absolute Gasteiger partial charge is 0.355 e. The Labute approximate surface area is 119 Å². The summed E-state index contributed by atoms with van der Waals surface area (Å²) in [5.74, 6) is 1.72. The van der Waals surface area contributed by atoms with Crippen LogP contribution in [-0.4, -0.2) is 38.0 Å². The Morgan fingerprint density at radius 3 is 2.74 bits per heavy atom. The van der Waals surface area contributed by atoms with Crippen LogP contribution in [-0.2, 0) is 15.7 Å². The first kappa shape index (κ1) is 14.6. The topological polar surface area (TPSA) is 50.3 Å². The number of sulfone groups is 1. The van der Waals surface area contributed by atoms with Crippen LogP contribution in [0.25, 0.3) is 0 Å². The number of hydrogen-bond donors (Lipinski definition) is 0. The van der Waals surface area contributed by atoms with Crippen molar-refractivity contribution in [2.45, 2.75) is 26.1 Å². The van der Waals surface area contributed by atoms with Gasteiger partial charge in [0, 0.05) is 24.3 Å². The molecule has 19 heavy (non-hydrogen) atoms. The van der Waals surface area contributed by atoms with Crippen LogP contribution in [0.5, 0.6) is 0 Å². The van der Waals surface area contributed by atoms with E-state index in [0.717, 1.165) is 29.2 Å². The summed E-state index contributed by atoms with van der Waals surface area (Å²) in [6.07, 6.45) is 0.652. The SMILES string of the molecule is Cc1cc(C)c(CCl)c(N2CCCS(=O)(=O)CC2)n1. The molecule has 0 radical (unpaired) electrons. The Balaban J connectivity index is 2.36. The van der Waals surface area contributed by atoms with Crippen molar-refractivity contribution in [1.29, 1.82) is 0 Å². The number of aryl methyl sites for hydroxylation is 2. The second-order valence-electron chi connectivity index (χ2n) is 5.01. The van der Waals surface area contributed by atoms with E-state index in [9.17, 15) is 8.42 Å². The van der Waals surface area contributed by atoms with Crippen LogP contribution in [0, 0.1) is 13.8 Å². The van der Waals surface area contributed by atoms with Gasteiger partial charge < -0.3 is 4.90 Å². The van der Waals surface area contributed by atoms with Gasteiger partial charge in [-0.2, -0.15) is 0 Å². The van der Waals surface area contributed by atoms with Gasteiger partial charge in [0.05, 0.1) is 17.4 Å². The number of rotatable bonds is 2. The summed E-state index contributed by atoms with van der Waals surface area (Å²) < 4.78 is 23.3. The fraction of sp³-hybridized carbons (Fsp3) is 0.615. The molecule has 0 amide bonds. The highest BCUT2D eigenvalue weighted by Gasteiger charge is 2.22. The van der Waals surface area contributed by atoms with Gasteiger partial charge in [-0.1, -0.05) is 0 Å². The molecule has 1 fully saturated rings. The van der Waals surface area contributed by atoms with Crippen LogP contribution in [0.15, 0.2) is 6.07 Å². The summed E-state index contributed by atoms with van der Waals surface area (Å²) in [4.78, 5) is 6.62. The Hall–Kier alpha value is -0.810. The molecule has 0 aliphatic carbocycles. The Morgan fingerprint density at radius 1 is 1.32 bits per heavy atom. The van der Waals surface area contributed by atoms with Crippen LogP contribution >= 0.6 is 11.6 Å². The first-order valence-electron chi connectivity index (χ1n) is 6.41. The molecule has 2 rings (SSSR count). The fourth-order valence-electron chi connectivity index (χ4n) is 2.42. The minimum absolute atomic E-state index is 0.198. The third-order valence-electron chi connectivity index (χ3n) is 3.44. The Bertz CT molecular complexity index is 572. The molecule has 1 aromatic heterocycles. The summed E-state index contributed by atoms with van der Waals surface area (Å²) in [7, 11) is -2.90. The van der Waals surface area contributed by atoms with E-state index in [4.69, 9.17) is 11.6 Å². The van der Waals surface area contributed by atoms with Crippen molar-refractivity contribution in [3.05, 3.63) is 22.9 Å². The zero-order valence-corrected chi connectivity index (χ0v) is 12.9. The molecule has 1 aromatic rings. The van der Waals surface area contributed by atoms with E-state index in [1.165, 1.54) is 0 Å². The molecule has 0 atom stereocenters. The van der Waals surface area contributed by atoms with E-state index in [1.54, 1.807) is 0 Å². The second-order valence-corrected chi connectivity index (χ2v) is 7.58. The van der Waals surface area contributed by atoms with Gasteiger partial charge >= 0.3 is 0 Å². The molecule has 0 aromatic carbocycles. The number of pyridine rings is 1. The van der Waals surface area contributed by atoms with Gasteiger partial charge in [0.25, 0.3) is 0 Å². The molecule has 2 heterocycles. The summed E-state index contributed by atoms with van der Waals surface area (Å²) in [6, 6.07) is 2.01. The molecule has 1 saturated heterocycles. The molecule has 0 bridgehead atoms. The summed E-state index contributed by atoms with van der Waals surface area (Å²) in [5, 5.41) is 0. The van der Waals surface area contributed by atoms with E-state index in [-0.39, 0.29) is 11.5 Å². The normalized spacial score (nSPS) is 19.2. The maximum atomic E-state index is 11.7. The average molecular weight is 303 g/mol. The highest BCUT2D eigenvalue weighted by molar-refractivity contribution is 7.91. The van der Waals surface area contributed by atoms with Crippen molar-refractivity contribution < 1.29 is 8.42 Å². The van der Waals surface area contributed by atoms with Crippen LogP contribution < -0.4 is 4.90 Å². The minimum atomic E-state index is -2.90. The average Bonchev–Trinajstić information content (AvgIpc) is 2.49. The first-order valence-corrected chi connectivity index (χ1v) is 8.77. The predicted molar refractivity (Wildman–Crippen MR) is 78.8 cm³/mol. The minimum Gasteiger partial charge on any atom is -0.355 e. The van der Waals surface area contributed by atoms with Crippen molar-refractivity contribution >= 4 is 27.3 Å². The van der Waals surface area contributed by atoms with Crippen molar-refractivity contribution in [2.24, 2.45) is 0 Å². The number of aromatic nitrogens is 1. The molecule has 4 nitrogen and oxygen atoms in total. The van der Waals surface area contributed by atoms with Crippen molar-refractivity contribution in [3.8, 4) is 0 Å². The van der Waals surface area contributed by atoms with Gasteiger partial charge in [-0.05, 0) is 31.9 Å². The second kappa shape index (κ2) is 5.67. The lowest BCUT2D eigenvalue weighted by molar-refractivity contribution is 0.597. The molecule has 106 valence electrons. The maximum Gasteiger partial charge on any atom is 0.152 e. The van der Waals surface area contributed by atoms with Gasteiger partial charge in [0.1, 0.15) is 5.82 Å². The number of anilines is 1. The van der Waals surface area contributed by atoms with Crippen LogP contribution in [0.2, 0.25) is 0 Å². The third kappa shape index (κ3) is 3.39. The Kier molecular flexibility index (Phi) is 4.36. The highest BCUT2D eigenvalue weighted by Crippen LogP contribution is 2.25. The number of nitrogens with zero attached hydrogens (tertiary/aromatic N) is 2. The summed E-state index contributed by atoms with van der Waals surface area (Å²) in [6.45, 7) is 5.19. The van der Waals surface area contributed by atoms with E-state index >= 15 is 0 Å². The lowest BCUT2D eigenvalue weighted by atomic mass is 10.1. The van der Waals surface area contributed by atoms with Crippen molar-refractivity contribution in [1.82, 2.24) is 4.98 Å². The molecular weight excluding hydrogens is 284 g/mol. The molecule has 0 saturated carbocycles. The van der Waals surface area contributed by atoms with E-state index in [2.05, 4.69) is 9.88 Å². The Morgan fingerprint density at radius 2 is 2.05 bits per heavy atom.